The zero-order valence-electron chi connectivity index (χ0n) is 15.6. The molecule has 142 valence electrons. The molecule has 2 aromatic carbocycles. The lowest BCUT2D eigenvalue weighted by Crippen LogP contribution is -2.50. The van der Waals surface area contributed by atoms with Gasteiger partial charge in [-0.05, 0) is 35.7 Å². The number of non-ortho nitro benzene ring substituents is 1. The monoisotopic (exact) mass is 368 g/mol. The van der Waals surface area contributed by atoms with Crippen molar-refractivity contribution in [3.63, 3.8) is 0 Å². The molecular formula is C20H24N4O3. The second kappa shape index (κ2) is 8.07. The topological polar surface area (TPSA) is 78.7 Å². The van der Waals surface area contributed by atoms with Crippen LogP contribution in [-0.2, 0) is 0 Å². The largest absolute Gasteiger partial charge is 0.368 e. The zero-order valence-corrected chi connectivity index (χ0v) is 15.6. The molecule has 1 aliphatic heterocycles. The molecule has 0 spiro atoms. The molecule has 2 amide bonds. The SMILES string of the molecule is CC(C)c1cccc(NC(=O)N2CCN(c3ccc([N+](=O)[O-])cc3)CC2)c1. The number of piperazine rings is 1. The van der Waals surface area contributed by atoms with E-state index in [0.717, 1.165) is 11.4 Å². The number of nitro benzene ring substituents is 1. The summed E-state index contributed by atoms with van der Waals surface area (Å²) in [6, 6.07) is 14.4. The molecule has 7 heteroatoms. The minimum Gasteiger partial charge on any atom is -0.368 e. The van der Waals surface area contributed by atoms with Crippen LogP contribution < -0.4 is 10.2 Å². The van der Waals surface area contributed by atoms with Gasteiger partial charge in [0.2, 0.25) is 0 Å². The molecule has 0 radical (unpaired) electrons. The molecule has 0 aromatic heterocycles. The maximum atomic E-state index is 12.5. The van der Waals surface area contributed by atoms with E-state index in [-0.39, 0.29) is 11.7 Å². The molecule has 27 heavy (non-hydrogen) atoms. The van der Waals surface area contributed by atoms with Crippen LogP contribution in [0.3, 0.4) is 0 Å². The van der Waals surface area contributed by atoms with Gasteiger partial charge in [-0.3, -0.25) is 10.1 Å². The van der Waals surface area contributed by atoms with E-state index >= 15 is 0 Å². The number of anilines is 2. The molecule has 0 bridgehead atoms. The smallest absolute Gasteiger partial charge is 0.321 e. The number of benzene rings is 2. The Morgan fingerprint density at radius 3 is 2.33 bits per heavy atom. The van der Waals surface area contributed by atoms with Gasteiger partial charge in [0.25, 0.3) is 5.69 Å². The van der Waals surface area contributed by atoms with E-state index in [4.69, 9.17) is 0 Å². The molecule has 0 atom stereocenters. The Labute approximate surface area is 158 Å². The van der Waals surface area contributed by atoms with E-state index in [1.54, 1.807) is 17.0 Å². The second-order valence-corrected chi connectivity index (χ2v) is 6.96. The third kappa shape index (κ3) is 4.55. The summed E-state index contributed by atoms with van der Waals surface area (Å²) in [7, 11) is 0. The molecule has 2 aromatic rings. The highest BCUT2D eigenvalue weighted by Gasteiger charge is 2.22. The van der Waals surface area contributed by atoms with E-state index in [1.807, 2.05) is 18.2 Å². The summed E-state index contributed by atoms with van der Waals surface area (Å²) >= 11 is 0. The number of nitrogens with zero attached hydrogens (tertiary/aromatic N) is 3. The lowest BCUT2D eigenvalue weighted by molar-refractivity contribution is -0.384. The van der Waals surface area contributed by atoms with Gasteiger partial charge in [0.15, 0.2) is 0 Å². The van der Waals surface area contributed by atoms with E-state index in [1.165, 1.54) is 17.7 Å². The molecule has 0 unspecified atom stereocenters. The predicted octanol–water partition coefficient (Wildman–Crippen LogP) is 4.07. The molecule has 1 aliphatic rings. The quantitative estimate of drug-likeness (QED) is 0.652. The summed E-state index contributed by atoms with van der Waals surface area (Å²) in [5.74, 6) is 0.409. The minimum absolute atomic E-state index is 0.0837. The molecule has 7 nitrogen and oxygen atoms in total. The Balaban J connectivity index is 1.56. The van der Waals surface area contributed by atoms with Gasteiger partial charge in [-0.1, -0.05) is 26.0 Å². The maximum Gasteiger partial charge on any atom is 0.321 e. The fourth-order valence-corrected chi connectivity index (χ4v) is 3.13. The normalized spacial score (nSPS) is 14.3. The number of rotatable bonds is 4. The molecule has 0 aliphatic carbocycles. The van der Waals surface area contributed by atoms with Crippen molar-refractivity contribution in [2.45, 2.75) is 19.8 Å². The number of hydrogen-bond acceptors (Lipinski definition) is 4. The van der Waals surface area contributed by atoms with Gasteiger partial charge in [0.1, 0.15) is 0 Å². The van der Waals surface area contributed by atoms with Gasteiger partial charge in [0.05, 0.1) is 4.92 Å². The maximum absolute atomic E-state index is 12.5. The zero-order chi connectivity index (χ0) is 19.4. The first-order chi connectivity index (χ1) is 12.9. The number of carbonyl (C=O) groups is 1. The molecule has 1 heterocycles. The van der Waals surface area contributed by atoms with E-state index in [0.29, 0.717) is 32.1 Å². The van der Waals surface area contributed by atoms with Crippen LogP contribution in [0.25, 0.3) is 0 Å². The van der Waals surface area contributed by atoms with Crippen LogP contribution in [0.2, 0.25) is 0 Å². The van der Waals surface area contributed by atoms with Crippen LogP contribution in [-0.4, -0.2) is 42.0 Å². The standard InChI is InChI=1S/C20H24N4O3/c1-15(2)16-4-3-5-17(14-16)21-20(25)23-12-10-22(11-13-23)18-6-8-19(9-7-18)24(26)27/h3-9,14-15H,10-13H2,1-2H3,(H,21,25). The number of hydrogen-bond donors (Lipinski definition) is 1. The van der Waals surface area contributed by atoms with Crippen LogP contribution >= 0.6 is 0 Å². The van der Waals surface area contributed by atoms with Gasteiger partial charge < -0.3 is 15.1 Å². The van der Waals surface area contributed by atoms with Crippen LogP contribution in [0.4, 0.5) is 21.9 Å². The van der Waals surface area contributed by atoms with Crippen LogP contribution in [0.1, 0.15) is 25.3 Å². The van der Waals surface area contributed by atoms with Crippen molar-refractivity contribution >= 4 is 23.1 Å². The first-order valence-electron chi connectivity index (χ1n) is 9.09. The molecule has 3 rings (SSSR count). The number of carbonyl (C=O) groups excluding carboxylic acids is 1. The van der Waals surface area contributed by atoms with Crippen molar-refractivity contribution in [2.24, 2.45) is 0 Å². The summed E-state index contributed by atoms with van der Waals surface area (Å²) in [5, 5.41) is 13.7. The first kappa shape index (κ1) is 18.7. The number of amides is 2. The fraction of sp³-hybridized carbons (Fsp3) is 0.350. The molecule has 1 N–H and O–H groups in total. The van der Waals surface area contributed by atoms with E-state index in [9.17, 15) is 14.9 Å². The number of nitrogens with one attached hydrogen (secondary N) is 1. The third-order valence-corrected chi connectivity index (χ3v) is 4.80. The Hall–Kier alpha value is -3.09. The van der Waals surface area contributed by atoms with Crippen molar-refractivity contribution in [1.29, 1.82) is 0 Å². The van der Waals surface area contributed by atoms with Crippen molar-refractivity contribution in [3.05, 3.63) is 64.2 Å². The molecular weight excluding hydrogens is 344 g/mol. The van der Waals surface area contributed by atoms with Crippen LogP contribution in [0.5, 0.6) is 0 Å². The molecule has 0 saturated carbocycles. The summed E-state index contributed by atoms with van der Waals surface area (Å²) in [6.45, 7) is 6.84. The summed E-state index contributed by atoms with van der Waals surface area (Å²) in [6.07, 6.45) is 0. The highest BCUT2D eigenvalue weighted by molar-refractivity contribution is 5.89. The predicted molar refractivity (Wildman–Crippen MR) is 106 cm³/mol. The Morgan fingerprint density at radius 2 is 1.74 bits per heavy atom. The fourth-order valence-electron chi connectivity index (χ4n) is 3.13. The Kier molecular flexibility index (Phi) is 5.59. The van der Waals surface area contributed by atoms with Gasteiger partial charge in [-0.25, -0.2) is 4.79 Å². The van der Waals surface area contributed by atoms with Crippen LogP contribution in [0, 0.1) is 10.1 Å². The number of urea groups is 1. The third-order valence-electron chi connectivity index (χ3n) is 4.80. The summed E-state index contributed by atoms with van der Waals surface area (Å²) in [5.41, 5.74) is 3.02. The van der Waals surface area contributed by atoms with E-state index in [2.05, 4.69) is 30.1 Å². The summed E-state index contributed by atoms with van der Waals surface area (Å²) < 4.78 is 0. The summed E-state index contributed by atoms with van der Waals surface area (Å²) in [4.78, 5) is 26.8. The van der Waals surface area contributed by atoms with Crippen molar-refractivity contribution in [2.75, 3.05) is 36.4 Å². The first-order valence-corrected chi connectivity index (χ1v) is 9.09. The average Bonchev–Trinajstić information content (AvgIpc) is 2.68. The Morgan fingerprint density at radius 1 is 1.07 bits per heavy atom. The van der Waals surface area contributed by atoms with E-state index < -0.39 is 4.92 Å². The van der Waals surface area contributed by atoms with Gasteiger partial charge >= 0.3 is 6.03 Å². The van der Waals surface area contributed by atoms with Gasteiger partial charge in [-0.15, -0.1) is 0 Å². The average molecular weight is 368 g/mol. The van der Waals surface area contributed by atoms with Crippen molar-refractivity contribution < 1.29 is 9.72 Å². The second-order valence-electron chi connectivity index (χ2n) is 6.96. The molecule has 1 fully saturated rings. The highest BCUT2D eigenvalue weighted by atomic mass is 16.6. The molecule has 1 saturated heterocycles. The van der Waals surface area contributed by atoms with Gasteiger partial charge in [0, 0.05) is 49.7 Å². The van der Waals surface area contributed by atoms with Crippen molar-refractivity contribution in [3.8, 4) is 0 Å². The lowest BCUT2D eigenvalue weighted by Gasteiger charge is -2.36. The highest BCUT2D eigenvalue weighted by Crippen LogP contribution is 2.22. The van der Waals surface area contributed by atoms with Gasteiger partial charge in [-0.2, -0.15) is 0 Å². The Bertz CT molecular complexity index is 812. The van der Waals surface area contributed by atoms with Crippen molar-refractivity contribution in [1.82, 2.24) is 4.90 Å². The lowest BCUT2D eigenvalue weighted by atomic mass is 10.0. The number of nitro groups is 1. The van der Waals surface area contributed by atoms with Crippen LogP contribution in [0.15, 0.2) is 48.5 Å². The minimum atomic E-state index is -0.402.